The second kappa shape index (κ2) is 14.6. The average Bonchev–Trinajstić information content (AvgIpc) is 2.95. The Kier molecular flexibility index (Phi) is 11.2. The summed E-state index contributed by atoms with van der Waals surface area (Å²) in [5.74, 6) is -0.867. The quantitative estimate of drug-likeness (QED) is 0.126. The van der Waals surface area contributed by atoms with Crippen LogP contribution < -0.4 is 9.47 Å². The molecule has 0 aliphatic carbocycles. The number of ether oxygens (including phenoxy) is 3. The lowest BCUT2D eigenvalue weighted by atomic mass is 10.1. The molecule has 40 heavy (non-hydrogen) atoms. The normalized spacial score (nSPS) is 11.4. The van der Waals surface area contributed by atoms with Crippen molar-refractivity contribution in [1.82, 2.24) is 9.97 Å². The minimum Gasteiger partial charge on any atom is -0.493 e. The summed E-state index contributed by atoms with van der Waals surface area (Å²) in [6.07, 6.45) is 0.614. The lowest BCUT2D eigenvalue weighted by molar-refractivity contribution is 0.0593. The number of methoxy groups -OCH3 is 1. The molecule has 0 fully saturated rings. The maximum Gasteiger partial charge on any atom is 0.356 e. The van der Waals surface area contributed by atoms with Crippen LogP contribution in [0.1, 0.15) is 34.3 Å². The van der Waals surface area contributed by atoms with Crippen molar-refractivity contribution in [2.45, 2.75) is 13.3 Å². The third kappa shape index (κ3) is 8.12. The molecule has 2 heterocycles. The Balaban J connectivity index is 0.000000222. The van der Waals surface area contributed by atoms with Gasteiger partial charge < -0.3 is 19.3 Å². The van der Waals surface area contributed by atoms with Crippen LogP contribution in [0.3, 0.4) is 0 Å². The second-order valence-electron chi connectivity index (χ2n) is 8.59. The van der Waals surface area contributed by atoms with E-state index in [4.69, 9.17) is 37.8 Å². The van der Waals surface area contributed by atoms with Crippen LogP contribution in [0.5, 0.6) is 11.5 Å². The first-order valence-electron chi connectivity index (χ1n) is 12.1. The number of esters is 1. The van der Waals surface area contributed by atoms with Gasteiger partial charge in [0.2, 0.25) is 0 Å². The summed E-state index contributed by atoms with van der Waals surface area (Å²) in [6, 6.07) is 10.8. The minimum absolute atomic E-state index is 0.116. The van der Waals surface area contributed by atoms with Gasteiger partial charge >= 0.3 is 11.9 Å². The lowest BCUT2D eigenvalue weighted by Gasteiger charge is -2.13. The predicted octanol–water partition coefficient (Wildman–Crippen LogP) is 6.49. The first-order valence-corrected chi connectivity index (χ1v) is 13.1. The van der Waals surface area contributed by atoms with Crippen molar-refractivity contribution in [2.24, 2.45) is 5.92 Å². The highest BCUT2D eigenvalue weighted by Gasteiger charge is 2.15. The largest absolute Gasteiger partial charge is 0.493 e. The van der Waals surface area contributed by atoms with Crippen molar-refractivity contribution in [3.63, 3.8) is 0 Å². The van der Waals surface area contributed by atoms with Crippen molar-refractivity contribution >= 4 is 56.9 Å². The van der Waals surface area contributed by atoms with Crippen molar-refractivity contribution in [3.8, 4) is 11.5 Å². The number of hydrogen-bond donors (Lipinski definition) is 1. The van der Waals surface area contributed by atoms with Gasteiger partial charge in [-0.25, -0.2) is 28.3 Å². The third-order valence-electron chi connectivity index (χ3n) is 5.40. The van der Waals surface area contributed by atoms with Crippen LogP contribution in [-0.2, 0) is 4.74 Å². The van der Waals surface area contributed by atoms with Crippen LogP contribution in [0.25, 0.3) is 21.8 Å². The van der Waals surface area contributed by atoms with E-state index in [1.165, 1.54) is 55.6 Å². The molecule has 0 saturated heterocycles. The summed E-state index contributed by atoms with van der Waals surface area (Å²) in [6.45, 7) is 2.62. The Morgan fingerprint density at radius 1 is 0.900 bits per heavy atom. The highest BCUT2D eigenvalue weighted by atomic mass is 35.5. The number of rotatable bonds is 10. The van der Waals surface area contributed by atoms with Gasteiger partial charge in [-0.3, -0.25) is 0 Å². The molecule has 1 atom stereocenters. The number of nitrogens with zero attached hydrogens (tertiary/aromatic N) is 2. The fourth-order valence-corrected chi connectivity index (χ4v) is 3.60. The van der Waals surface area contributed by atoms with Gasteiger partial charge in [0, 0.05) is 40.6 Å². The fraction of sp³-hybridized carbons (Fsp3) is 0.286. The summed E-state index contributed by atoms with van der Waals surface area (Å²) in [7, 11) is 1.27. The van der Waals surface area contributed by atoms with Gasteiger partial charge in [-0.05, 0) is 42.8 Å². The van der Waals surface area contributed by atoms with Crippen LogP contribution in [0.15, 0.2) is 48.5 Å². The van der Waals surface area contributed by atoms with Crippen molar-refractivity contribution in [3.05, 3.63) is 71.6 Å². The van der Waals surface area contributed by atoms with Gasteiger partial charge in [0.25, 0.3) is 0 Å². The molecule has 0 spiro atoms. The smallest absolute Gasteiger partial charge is 0.356 e. The number of aromatic nitrogens is 2. The van der Waals surface area contributed by atoms with Gasteiger partial charge in [0.1, 0.15) is 23.1 Å². The van der Waals surface area contributed by atoms with E-state index >= 15 is 0 Å². The molecule has 1 unspecified atom stereocenters. The first kappa shape index (κ1) is 30.8. The zero-order chi connectivity index (χ0) is 29.2. The Hall–Kier alpha value is -3.76. The number of carbonyl (C=O) groups excluding carboxylic acids is 1. The Morgan fingerprint density at radius 3 is 1.98 bits per heavy atom. The second-order valence-corrected chi connectivity index (χ2v) is 9.28. The summed E-state index contributed by atoms with van der Waals surface area (Å²) in [4.78, 5) is 30.7. The number of benzene rings is 2. The van der Waals surface area contributed by atoms with Gasteiger partial charge in [0.05, 0.1) is 31.4 Å². The lowest BCUT2D eigenvalue weighted by Crippen LogP contribution is -2.11. The number of alkyl halides is 2. The van der Waals surface area contributed by atoms with E-state index in [1.54, 1.807) is 0 Å². The fourth-order valence-electron chi connectivity index (χ4n) is 3.40. The molecule has 1 N–H and O–H groups in total. The van der Waals surface area contributed by atoms with Crippen LogP contribution in [-0.4, -0.2) is 59.1 Å². The summed E-state index contributed by atoms with van der Waals surface area (Å²) < 4.78 is 42.4. The molecular formula is C28H26Cl2F2N2O6. The molecule has 0 aliphatic heterocycles. The van der Waals surface area contributed by atoms with Gasteiger partial charge in [-0.2, -0.15) is 0 Å². The molecule has 0 amide bonds. The van der Waals surface area contributed by atoms with E-state index in [9.17, 15) is 18.4 Å². The van der Waals surface area contributed by atoms with Crippen LogP contribution in [0.4, 0.5) is 8.78 Å². The summed E-state index contributed by atoms with van der Waals surface area (Å²) in [5, 5.41) is 9.93. The first-order chi connectivity index (χ1) is 19.2. The zero-order valence-corrected chi connectivity index (χ0v) is 23.1. The maximum absolute atomic E-state index is 13.4. The van der Waals surface area contributed by atoms with E-state index in [-0.39, 0.29) is 17.3 Å². The van der Waals surface area contributed by atoms with Gasteiger partial charge in [-0.1, -0.05) is 6.92 Å². The molecule has 12 heteroatoms. The van der Waals surface area contributed by atoms with E-state index < -0.39 is 23.6 Å². The van der Waals surface area contributed by atoms with Crippen LogP contribution in [0, 0.1) is 17.6 Å². The number of carboxylic acids is 1. The molecule has 0 saturated carbocycles. The average molecular weight is 595 g/mol. The molecule has 2 aromatic carbocycles. The molecular weight excluding hydrogens is 569 g/mol. The van der Waals surface area contributed by atoms with E-state index in [1.807, 2.05) is 6.92 Å². The van der Waals surface area contributed by atoms with E-state index in [0.29, 0.717) is 64.7 Å². The highest BCUT2D eigenvalue weighted by molar-refractivity contribution is 6.18. The van der Waals surface area contributed by atoms with Crippen LogP contribution >= 0.6 is 23.2 Å². The number of fused-ring (bicyclic) bond motifs is 2. The topological polar surface area (TPSA) is 108 Å². The maximum atomic E-state index is 13.4. The van der Waals surface area contributed by atoms with Crippen LogP contribution in [0.2, 0.25) is 0 Å². The monoisotopic (exact) mass is 594 g/mol. The zero-order valence-electron chi connectivity index (χ0n) is 21.6. The molecule has 8 nitrogen and oxygen atoms in total. The highest BCUT2D eigenvalue weighted by Crippen LogP contribution is 2.28. The number of halogens is 4. The van der Waals surface area contributed by atoms with Crippen molar-refractivity contribution in [1.29, 1.82) is 0 Å². The number of hydrogen-bond acceptors (Lipinski definition) is 7. The molecule has 0 radical (unpaired) electrons. The molecule has 212 valence electrons. The molecule has 0 aliphatic rings. The minimum atomic E-state index is -1.16. The standard InChI is InChI=1S/C15H15ClFNO3.C13H11ClFNO3/c1-9(7-16)8-21-14-6-13(15(19)20-2)18-12-4-3-10(17)5-11(12)14;14-4-1-5-19-12-7-11(13(17)18)16-10-3-2-8(15)6-9(10)12/h3-6,9H,7-8H2,1-2H3;2-3,6-7H,1,4-5H2,(H,17,18). The summed E-state index contributed by atoms with van der Waals surface area (Å²) in [5.41, 5.74) is 0.820. The molecule has 2 aromatic heterocycles. The predicted molar refractivity (Wildman–Crippen MR) is 148 cm³/mol. The van der Waals surface area contributed by atoms with Gasteiger partial charge in [0.15, 0.2) is 11.4 Å². The van der Waals surface area contributed by atoms with Gasteiger partial charge in [-0.15, -0.1) is 23.2 Å². The number of aromatic carboxylic acids is 1. The Bertz CT molecular complexity index is 1510. The number of carboxylic acid groups (broad SMARTS) is 1. The molecule has 0 bridgehead atoms. The molecule has 4 rings (SSSR count). The van der Waals surface area contributed by atoms with E-state index in [2.05, 4.69) is 14.7 Å². The third-order valence-corrected chi connectivity index (χ3v) is 6.20. The van der Waals surface area contributed by atoms with E-state index in [0.717, 1.165) is 0 Å². The Morgan fingerprint density at radius 2 is 1.45 bits per heavy atom. The Labute approximate surface area is 238 Å². The number of carbonyl (C=O) groups is 2. The summed E-state index contributed by atoms with van der Waals surface area (Å²) >= 11 is 11.3. The number of pyridine rings is 2. The molecule has 4 aromatic rings. The SMILES string of the molecule is COC(=O)c1cc(OCC(C)CCl)c2cc(F)ccc2n1.O=C(O)c1cc(OCCCCl)c2cc(F)ccc2n1. The van der Waals surface area contributed by atoms with Crippen molar-refractivity contribution in [2.75, 3.05) is 32.1 Å². The van der Waals surface area contributed by atoms with Crippen molar-refractivity contribution < 1.29 is 37.7 Å².